The van der Waals surface area contributed by atoms with E-state index < -0.39 is 0 Å². The number of nitrogens with zero attached hydrogens (tertiary/aromatic N) is 2. The summed E-state index contributed by atoms with van der Waals surface area (Å²) < 4.78 is 12.0. The molecule has 2 heterocycles. The van der Waals surface area contributed by atoms with Crippen LogP contribution in [0.5, 0.6) is 5.75 Å². The van der Waals surface area contributed by atoms with E-state index in [9.17, 15) is 0 Å². The molecule has 0 radical (unpaired) electrons. The van der Waals surface area contributed by atoms with Crippen LogP contribution in [0.2, 0.25) is 5.02 Å². The van der Waals surface area contributed by atoms with Gasteiger partial charge in [0.2, 0.25) is 5.89 Å². The average molecular weight is 343 g/mol. The van der Waals surface area contributed by atoms with Crippen LogP contribution in [0.1, 0.15) is 0 Å². The van der Waals surface area contributed by atoms with Gasteiger partial charge in [-0.1, -0.05) is 29.8 Å². The maximum Gasteiger partial charge on any atom is 0.259 e. The van der Waals surface area contributed by atoms with E-state index in [1.807, 2.05) is 48.5 Å². The summed E-state index contributed by atoms with van der Waals surface area (Å²) in [6.07, 6.45) is 0. The van der Waals surface area contributed by atoms with E-state index in [0.717, 1.165) is 26.3 Å². The highest BCUT2D eigenvalue weighted by atomic mass is 35.5. The molecule has 4 aromatic rings. The summed E-state index contributed by atoms with van der Waals surface area (Å²) in [4.78, 5) is 0.792. The zero-order valence-corrected chi connectivity index (χ0v) is 13.7. The summed E-state index contributed by atoms with van der Waals surface area (Å²) in [6, 6.07) is 15.4. The lowest BCUT2D eigenvalue weighted by Crippen LogP contribution is -1.82. The topological polar surface area (TPSA) is 48.2 Å². The molecule has 0 fully saturated rings. The lowest BCUT2D eigenvalue weighted by molar-refractivity contribution is 0.415. The number of fused-ring (bicyclic) bond motifs is 1. The predicted molar refractivity (Wildman–Crippen MR) is 92.1 cm³/mol. The van der Waals surface area contributed by atoms with Gasteiger partial charge in [0, 0.05) is 15.6 Å². The second-order valence-corrected chi connectivity index (χ2v) is 6.31. The molecular weight excluding hydrogens is 332 g/mol. The van der Waals surface area contributed by atoms with Crippen LogP contribution in [-0.2, 0) is 0 Å². The molecule has 0 N–H and O–H groups in total. The Balaban J connectivity index is 1.75. The fourth-order valence-electron chi connectivity index (χ4n) is 2.32. The Bertz CT molecular complexity index is 976. The predicted octanol–water partition coefficient (Wildman–Crippen LogP) is 5.28. The van der Waals surface area contributed by atoms with Gasteiger partial charge in [-0.25, -0.2) is 0 Å². The minimum Gasteiger partial charge on any atom is -0.497 e. The first-order valence-electron chi connectivity index (χ1n) is 6.91. The van der Waals surface area contributed by atoms with E-state index in [-0.39, 0.29) is 0 Å². The van der Waals surface area contributed by atoms with Crippen molar-refractivity contribution in [1.29, 1.82) is 0 Å². The molecule has 2 aromatic carbocycles. The van der Waals surface area contributed by atoms with Crippen LogP contribution >= 0.6 is 22.9 Å². The Morgan fingerprint density at radius 3 is 2.48 bits per heavy atom. The third kappa shape index (κ3) is 2.48. The fourth-order valence-corrected chi connectivity index (χ4v) is 3.75. The third-order valence-corrected chi connectivity index (χ3v) is 5.15. The lowest BCUT2D eigenvalue weighted by Gasteiger charge is -1.99. The van der Waals surface area contributed by atoms with Crippen LogP contribution in [0.15, 0.2) is 52.9 Å². The maximum absolute atomic E-state index is 6.45. The summed E-state index contributed by atoms with van der Waals surface area (Å²) in [5.41, 5.74) is 0.835. The van der Waals surface area contributed by atoms with E-state index in [1.54, 1.807) is 18.4 Å². The lowest BCUT2D eigenvalue weighted by atomic mass is 10.2. The van der Waals surface area contributed by atoms with Crippen LogP contribution in [0.3, 0.4) is 0 Å². The van der Waals surface area contributed by atoms with Crippen LogP contribution in [0.25, 0.3) is 32.3 Å². The van der Waals surface area contributed by atoms with E-state index in [4.69, 9.17) is 20.8 Å². The van der Waals surface area contributed by atoms with Gasteiger partial charge in [0.15, 0.2) is 0 Å². The first-order chi connectivity index (χ1) is 11.3. The first kappa shape index (κ1) is 14.2. The molecule has 23 heavy (non-hydrogen) atoms. The quantitative estimate of drug-likeness (QED) is 0.508. The maximum atomic E-state index is 6.45. The Hall–Kier alpha value is -2.37. The van der Waals surface area contributed by atoms with Crippen molar-refractivity contribution in [3.8, 4) is 28.0 Å². The normalized spacial score (nSPS) is 11.0. The van der Waals surface area contributed by atoms with Crippen molar-refractivity contribution in [2.24, 2.45) is 0 Å². The molecule has 4 nitrogen and oxygen atoms in total. The second kappa shape index (κ2) is 5.68. The van der Waals surface area contributed by atoms with Crippen LogP contribution < -0.4 is 4.74 Å². The average Bonchev–Trinajstić information content (AvgIpc) is 3.20. The van der Waals surface area contributed by atoms with Crippen LogP contribution in [0, 0.1) is 0 Å². The van der Waals surface area contributed by atoms with Crippen molar-refractivity contribution in [3.63, 3.8) is 0 Å². The van der Waals surface area contributed by atoms with E-state index >= 15 is 0 Å². The minimum absolute atomic E-state index is 0.432. The number of hydrogen-bond acceptors (Lipinski definition) is 5. The van der Waals surface area contributed by atoms with Gasteiger partial charge in [-0.3, -0.25) is 0 Å². The monoisotopic (exact) mass is 342 g/mol. The van der Waals surface area contributed by atoms with Crippen molar-refractivity contribution in [1.82, 2.24) is 10.2 Å². The molecule has 0 aliphatic carbocycles. The molecule has 0 amide bonds. The Labute approximate surface area is 141 Å². The molecule has 0 saturated heterocycles. The highest BCUT2D eigenvalue weighted by molar-refractivity contribution is 7.23. The summed E-state index contributed by atoms with van der Waals surface area (Å²) in [5, 5.41) is 9.91. The minimum atomic E-state index is 0.432. The van der Waals surface area contributed by atoms with Gasteiger partial charge in [-0.05, 0) is 30.3 Å². The molecule has 0 atom stereocenters. The van der Waals surface area contributed by atoms with Gasteiger partial charge in [0.25, 0.3) is 5.89 Å². The fraction of sp³-hybridized carbons (Fsp3) is 0.0588. The van der Waals surface area contributed by atoms with Gasteiger partial charge in [-0.2, -0.15) is 0 Å². The Kier molecular flexibility index (Phi) is 3.52. The molecule has 0 spiro atoms. The van der Waals surface area contributed by atoms with Crippen molar-refractivity contribution in [2.45, 2.75) is 0 Å². The molecule has 0 bridgehead atoms. The smallest absolute Gasteiger partial charge is 0.259 e. The summed E-state index contributed by atoms with van der Waals surface area (Å²) in [7, 11) is 1.63. The van der Waals surface area contributed by atoms with Gasteiger partial charge in [0.1, 0.15) is 10.6 Å². The van der Waals surface area contributed by atoms with Gasteiger partial charge in [0.05, 0.1) is 12.1 Å². The molecule has 2 aromatic heterocycles. The molecule has 114 valence electrons. The molecule has 0 aliphatic rings. The van der Waals surface area contributed by atoms with Gasteiger partial charge in [-0.15, -0.1) is 21.5 Å². The standard InChI is InChI=1S/C17H11ClN2O2S/c1-21-11-8-6-10(7-9-11)16-19-20-17(22-16)15-14(18)12-4-2-3-5-13(12)23-15/h2-9H,1H3. The SMILES string of the molecule is COc1ccc(-c2nnc(-c3sc4ccccc4c3Cl)o2)cc1. The van der Waals surface area contributed by atoms with Crippen molar-refractivity contribution in [2.75, 3.05) is 7.11 Å². The second-order valence-electron chi connectivity index (χ2n) is 4.88. The van der Waals surface area contributed by atoms with E-state index in [0.29, 0.717) is 16.8 Å². The molecule has 0 saturated carbocycles. The third-order valence-electron chi connectivity index (χ3n) is 3.49. The Morgan fingerprint density at radius 1 is 1.00 bits per heavy atom. The number of hydrogen-bond donors (Lipinski definition) is 0. The number of benzene rings is 2. The van der Waals surface area contributed by atoms with Crippen molar-refractivity contribution >= 4 is 33.0 Å². The molecule has 6 heteroatoms. The number of thiophene rings is 1. The number of methoxy groups -OCH3 is 1. The zero-order valence-electron chi connectivity index (χ0n) is 12.1. The van der Waals surface area contributed by atoms with Gasteiger partial charge < -0.3 is 9.15 Å². The molecular formula is C17H11ClN2O2S. The number of ether oxygens (including phenoxy) is 1. The molecule has 0 unspecified atom stereocenters. The van der Waals surface area contributed by atoms with E-state index in [1.165, 1.54) is 0 Å². The summed E-state index contributed by atoms with van der Waals surface area (Å²) >= 11 is 8.00. The summed E-state index contributed by atoms with van der Waals surface area (Å²) in [5.74, 6) is 1.67. The van der Waals surface area contributed by atoms with E-state index in [2.05, 4.69) is 10.2 Å². The number of halogens is 1. The zero-order chi connectivity index (χ0) is 15.8. The number of aromatic nitrogens is 2. The first-order valence-corrected chi connectivity index (χ1v) is 8.11. The summed E-state index contributed by atoms with van der Waals surface area (Å²) in [6.45, 7) is 0. The van der Waals surface area contributed by atoms with Crippen LogP contribution in [0.4, 0.5) is 0 Å². The van der Waals surface area contributed by atoms with Crippen molar-refractivity contribution < 1.29 is 9.15 Å². The van der Waals surface area contributed by atoms with Gasteiger partial charge >= 0.3 is 0 Å². The highest BCUT2D eigenvalue weighted by Crippen LogP contribution is 2.41. The largest absolute Gasteiger partial charge is 0.497 e. The van der Waals surface area contributed by atoms with Crippen LogP contribution in [-0.4, -0.2) is 17.3 Å². The Morgan fingerprint density at radius 2 is 1.74 bits per heavy atom. The molecule has 4 rings (SSSR count). The molecule has 0 aliphatic heterocycles. The van der Waals surface area contributed by atoms with Crippen molar-refractivity contribution in [3.05, 3.63) is 53.6 Å². The number of rotatable bonds is 3. The highest BCUT2D eigenvalue weighted by Gasteiger charge is 2.18.